The lowest BCUT2D eigenvalue weighted by atomic mass is 10.1. The summed E-state index contributed by atoms with van der Waals surface area (Å²) in [7, 11) is 0. The largest absolute Gasteiger partial charge is 0.338 e. The normalized spacial score (nSPS) is 9.78. The lowest BCUT2D eigenvalue weighted by Gasteiger charge is -2.23. The van der Waals surface area contributed by atoms with E-state index in [0.717, 1.165) is 25.7 Å². The molecule has 0 atom stereocenters. The molecule has 0 radical (unpaired) electrons. The van der Waals surface area contributed by atoms with Gasteiger partial charge in [-0.15, -0.1) is 0 Å². The van der Waals surface area contributed by atoms with Crippen molar-refractivity contribution in [1.29, 1.82) is 21.0 Å². The van der Waals surface area contributed by atoms with Crippen LogP contribution in [0.3, 0.4) is 0 Å². The van der Waals surface area contributed by atoms with E-state index in [-0.39, 0.29) is 24.7 Å². The summed E-state index contributed by atoms with van der Waals surface area (Å²) in [5.74, 6) is -0.323. The van der Waals surface area contributed by atoms with E-state index in [1.54, 1.807) is 58.3 Å². The highest BCUT2D eigenvalue weighted by atomic mass is 16.2. The molecule has 2 rings (SSSR count). The number of nitrogens with zero attached hydrogens (tertiary/aromatic N) is 6. The number of amides is 2. The standard InChI is InChI=1S/C28H28N6O2/c29-15-5-19-33(27(35)25-11-7-23(21-31)8-12-25)17-3-1-2-4-18-34(20-6-16-30)28(36)26-13-9-24(22-32)10-14-26/h7-14H,1-6,17-20H2. The van der Waals surface area contributed by atoms with Crippen LogP contribution in [0.25, 0.3) is 0 Å². The minimum atomic E-state index is -0.162. The Bertz CT molecular complexity index is 1080. The number of nitriles is 4. The van der Waals surface area contributed by atoms with Crippen molar-refractivity contribution in [2.45, 2.75) is 38.5 Å². The monoisotopic (exact) mass is 480 g/mol. The average molecular weight is 481 g/mol. The third-order valence-electron chi connectivity index (χ3n) is 5.69. The van der Waals surface area contributed by atoms with Gasteiger partial charge in [-0.1, -0.05) is 12.8 Å². The van der Waals surface area contributed by atoms with Gasteiger partial charge in [0, 0.05) is 37.3 Å². The Morgan fingerprint density at radius 3 is 1.22 bits per heavy atom. The van der Waals surface area contributed by atoms with E-state index in [1.807, 2.05) is 12.1 Å². The highest BCUT2D eigenvalue weighted by Crippen LogP contribution is 2.12. The van der Waals surface area contributed by atoms with Gasteiger partial charge in [0.25, 0.3) is 11.8 Å². The zero-order chi connectivity index (χ0) is 26.2. The topological polar surface area (TPSA) is 136 Å². The first-order valence-corrected chi connectivity index (χ1v) is 11.9. The first-order chi connectivity index (χ1) is 17.5. The molecule has 182 valence electrons. The number of carbonyl (C=O) groups is 2. The van der Waals surface area contributed by atoms with Gasteiger partial charge in [0.1, 0.15) is 0 Å². The molecule has 0 spiro atoms. The first-order valence-electron chi connectivity index (χ1n) is 11.9. The van der Waals surface area contributed by atoms with Crippen molar-refractivity contribution < 1.29 is 9.59 Å². The van der Waals surface area contributed by atoms with Crippen molar-refractivity contribution in [2.24, 2.45) is 0 Å². The maximum Gasteiger partial charge on any atom is 0.253 e. The Labute approximate surface area is 212 Å². The zero-order valence-electron chi connectivity index (χ0n) is 20.2. The third-order valence-corrected chi connectivity index (χ3v) is 5.69. The maximum atomic E-state index is 12.9. The van der Waals surface area contributed by atoms with Crippen LogP contribution in [0.4, 0.5) is 0 Å². The van der Waals surface area contributed by atoms with Crippen molar-refractivity contribution >= 4 is 11.8 Å². The Kier molecular flexibility index (Phi) is 11.7. The minimum Gasteiger partial charge on any atom is -0.338 e. The summed E-state index contributed by atoms with van der Waals surface area (Å²) in [5.41, 5.74) is 1.94. The number of carbonyl (C=O) groups excluding carboxylic acids is 2. The van der Waals surface area contributed by atoms with E-state index in [4.69, 9.17) is 21.0 Å². The Morgan fingerprint density at radius 2 is 0.917 bits per heavy atom. The first kappa shape index (κ1) is 27.6. The van der Waals surface area contributed by atoms with Gasteiger partial charge in [0.05, 0.1) is 48.2 Å². The lowest BCUT2D eigenvalue weighted by molar-refractivity contribution is 0.0742. The molecule has 2 aromatic carbocycles. The van der Waals surface area contributed by atoms with Crippen LogP contribution in [0.5, 0.6) is 0 Å². The summed E-state index contributed by atoms with van der Waals surface area (Å²) < 4.78 is 0. The molecule has 2 aromatic rings. The molecule has 0 aromatic heterocycles. The number of rotatable bonds is 13. The molecular formula is C28H28N6O2. The molecule has 8 nitrogen and oxygen atoms in total. The van der Waals surface area contributed by atoms with Crippen LogP contribution < -0.4 is 0 Å². The van der Waals surface area contributed by atoms with Gasteiger partial charge in [-0.3, -0.25) is 9.59 Å². The van der Waals surface area contributed by atoms with Crippen LogP contribution >= 0.6 is 0 Å². The Balaban J connectivity index is 1.85. The second kappa shape index (κ2) is 15.3. The van der Waals surface area contributed by atoms with Crippen LogP contribution in [0.2, 0.25) is 0 Å². The van der Waals surface area contributed by atoms with Crippen LogP contribution in [-0.4, -0.2) is 47.8 Å². The van der Waals surface area contributed by atoms with Gasteiger partial charge >= 0.3 is 0 Å². The predicted molar refractivity (Wildman–Crippen MR) is 133 cm³/mol. The molecule has 0 N–H and O–H groups in total. The van der Waals surface area contributed by atoms with E-state index >= 15 is 0 Å². The van der Waals surface area contributed by atoms with E-state index in [9.17, 15) is 9.59 Å². The van der Waals surface area contributed by atoms with Crippen molar-refractivity contribution in [3.05, 3.63) is 70.8 Å². The molecule has 36 heavy (non-hydrogen) atoms. The molecule has 0 saturated heterocycles. The minimum absolute atomic E-state index is 0.162. The fourth-order valence-electron chi connectivity index (χ4n) is 3.70. The highest BCUT2D eigenvalue weighted by molar-refractivity contribution is 5.94. The van der Waals surface area contributed by atoms with E-state index in [0.29, 0.717) is 48.4 Å². The van der Waals surface area contributed by atoms with Crippen LogP contribution in [0, 0.1) is 45.3 Å². The Hall–Kier alpha value is -4.66. The molecule has 0 saturated carbocycles. The van der Waals surface area contributed by atoms with Crippen molar-refractivity contribution in [1.82, 2.24) is 9.80 Å². The van der Waals surface area contributed by atoms with Crippen LogP contribution in [-0.2, 0) is 0 Å². The third kappa shape index (κ3) is 8.60. The number of hydrogen-bond acceptors (Lipinski definition) is 6. The molecule has 0 heterocycles. The molecule has 0 unspecified atom stereocenters. The second-order valence-electron chi connectivity index (χ2n) is 8.19. The molecule has 0 bridgehead atoms. The second-order valence-corrected chi connectivity index (χ2v) is 8.19. The van der Waals surface area contributed by atoms with Gasteiger partial charge in [0.2, 0.25) is 0 Å². The molecule has 0 aliphatic carbocycles. The predicted octanol–water partition coefficient (Wildman–Crippen LogP) is 4.40. The van der Waals surface area contributed by atoms with E-state index in [1.165, 1.54) is 0 Å². The summed E-state index contributed by atoms with van der Waals surface area (Å²) in [5, 5.41) is 35.8. The van der Waals surface area contributed by atoms with Crippen LogP contribution in [0.15, 0.2) is 48.5 Å². The SMILES string of the molecule is N#CCCN(CCCCCCN(CCC#N)C(=O)c1ccc(C#N)cc1)C(=O)c1ccc(C#N)cc1. The molecule has 8 heteroatoms. The van der Waals surface area contributed by atoms with Gasteiger partial charge in [0.15, 0.2) is 0 Å². The van der Waals surface area contributed by atoms with Gasteiger partial charge in [-0.25, -0.2) is 0 Å². The average Bonchev–Trinajstić information content (AvgIpc) is 2.93. The number of benzene rings is 2. The summed E-state index contributed by atoms with van der Waals surface area (Å²) >= 11 is 0. The maximum absolute atomic E-state index is 12.9. The van der Waals surface area contributed by atoms with Gasteiger partial charge < -0.3 is 9.80 Å². The molecule has 0 aliphatic heterocycles. The molecular weight excluding hydrogens is 452 g/mol. The van der Waals surface area contributed by atoms with Crippen molar-refractivity contribution in [2.75, 3.05) is 26.2 Å². The highest BCUT2D eigenvalue weighted by Gasteiger charge is 2.17. The zero-order valence-corrected chi connectivity index (χ0v) is 20.2. The van der Waals surface area contributed by atoms with Gasteiger partial charge in [-0.05, 0) is 61.4 Å². The van der Waals surface area contributed by atoms with Crippen molar-refractivity contribution in [3.63, 3.8) is 0 Å². The molecule has 0 aliphatic rings. The Morgan fingerprint density at radius 1 is 0.556 bits per heavy atom. The number of unbranched alkanes of at least 4 members (excludes halogenated alkanes) is 3. The molecule has 2 amide bonds. The smallest absolute Gasteiger partial charge is 0.253 e. The number of hydrogen-bond donors (Lipinski definition) is 0. The molecule has 0 fully saturated rings. The van der Waals surface area contributed by atoms with E-state index in [2.05, 4.69) is 12.1 Å². The summed E-state index contributed by atoms with van der Waals surface area (Å²) in [4.78, 5) is 29.0. The summed E-state index contributed by atoms with van der Waals surface area (Å²) in [6.07, 6.45) is 3.70. The fourth-order valence-corrected chi connectivity index (χ4v) is 3.70. The summed E-state index contributed by atoms with van der Waals surface area (Å²) in [6.45, 7) is 1.72. The summed E-state index contributed by atoms with van der Waals surface area (Å²) in [6, 6.07) is 21.1. The van der Waals surface area contributed by atoms with E-state index < -0.39 is 0 Å². The fraction of sp³-hybridized carbons (Fsp3) is 0.357. The van der Waals surface area contributed by atoms with Crippen LogP contribution in [0.1, 0.15) is 70.4 Å². The quantitative estimate of drug-likeness (QED) is 0.390. The van der Waals surface area contributed by atoms with Gasteiger partial charge in [-0.2, -0.15) is 21.0 Å². The lowest BCUT2D eigenvalue weighted by Crippen LogP contribution is -2.33. The van der Waals surface area contributed by atoms with Crippen molar-refractivity contribution in [3.8, 4) is 24.3 Å².